The molecule has 3 unspecified atom stereocenters. The quantitative estimate of drug-likeness (QED) is 0.500. The van der Waals surface area contributed by atoms with Crippen LogP contribution in [-0.2, 0) is 4.79 Å². The number of nitrogens with two attached hydrogens (primary N) is 1. The van der Waals surface area contributed by atoms with E-state index in [4.69, 9.17) is 10.8 Å². The molecule has 0 heterocycles. The Balaban J connectivity index is 0.00000324. The number of aliphatic hydroxyl groups is 2. The van der Waals surface area contributed by atoms with Crippen molar-refractivity contribution in [3.63, 3.8) is 0 Å². The van der Waals surface area contributed by atoms with Crippen molar-refractivity contribution in [2.45, 2.75) is 69.6 Å². The summed E-state index contributed by atoms with van der Waals surface area (Å²) < 4.78 is 0. The standard InChI is InChI=1S/C13H25NO4.Na.H/c14-10(13(17)18)8-12(16)11(15)7-6-9-4-2-1-3-5-9;;/h9-12,15-16H,1-8,14H2,(H,17,18);;. The average molecular weight is 283 g/mol. The van der Waals surface area contributed by atoms with Crippen molar-refractivity contribution in [3.05, 3.63) is 0 Å². The van der Waals surface area contributed by atoms with Crippen molar-refractivity contribution in [3.8, 4) is 0 Å². The van der Waals surface area contributed by atoms with Crippen molar-refractivity contribution >= 4 is 35.5 Å². The molecule has 19 heavy (non-hydrogen) atoms. The molecule has 1 rings (SSSR count). The maximum absolute atomic E-state index is 10.5. The van der Waals surface area contributed by atoms with E-state index in [-0.39, 0.29) is 36.0 Å². The van der Waals surface area contributed by atoms with Gasteiger partial charge in [-0.05, 0) is 18.8 Å². The second-order valence-corrected chi connectivity index (χ2v) is 5.40. The van der Waals surface area contributed by atoms with Gasteiger partial charge in [-0.25, -0.2) is 0 Å². The Morgan fingerprint density at radius 3 is 2.26 bits per heavy atom. The third-order valence-electron chi connectivity index (χ3n) is 3.85. The van der Waals surface area contributed by atoms with Gasteiger partial charge in [0.1, 0.15) is 6.04 Å². The van der Waals surface area contributed by atoms with Crippen LogP contribution in [0.1, 0.15) is 51.4 Å². The Hall–Kier alpha value is 0.350. The zero-order chi connectivity index (χ0) is 13.5. The van der Waals surface area contributed by atoms with Crippen LogP contribution in [0.5, 0.6) is 0 Å². The van der Waals surface area contributed by atoms with Crippen LogP contribution < -0.4 is 5.73 Å². The van der Waals surface area contributed by atoms with Gasteiger partial charge in [-0.2, -0.15) is 0 Å². The van der Waals surface area contributed by atoms with Gasteiger partial charge in [0.05, 0.1) is 12.2 Å². The van der Waals surface area contributed by atoms with E-state index in [2.05, 4.69) is 0 Å². The van der Waals surface area contributed by atoms with E-state index in [1.54, 1.807) is 0 Å². The molecule has 0 amide bonds. The molecule has 0 spiro atoms. The van der Waals surface area contributed by atoms with Crippen molar-refractivity contribution in [2.24, 2.45) is 11.7 Å². The van der Waals surface area contributed by atoms with E-state index in [1.165, 1.54) is 32.1 Å². The predicted octanol–water partition coefficient (Wildman–Crippen LogP) is 0.222. The van der Waals surface area contributed by atoms with Gasteiger partial charge in [0.2, 0.25) is 0 Å². The summed E-state index contributed by atoms with van der Waals surface area (Å²) in [5.41, 5.74) is 5.32. The molecular formula is C13H26NNaO4. The molecule has 1 saturated carbocycles. The first kappa shape index (κ1) is 19.4. The summed E-state index contributed by atoms with van der Waals surface area (Å²) in [4.78, 5) is 10.5. The van der Waals surface area contributed by atoms with Gasteiger partial charge < -0.3 is 21.1 Å². The molecule has 0 aliphatic heterocycles. The molecule has 5 nitrogen and oxygen atoms in total. The molecular weight excluding hydrogens is 257 g/mol. The van der Waals surface area contributed by atoms with Crippen LogP contribution in [0, 0.1) is 5.92 Å². The Labute approximate surface area is 136 Å². The molecule has 0 aromatic carbocycles. The summed E-state index contributed by atoms with van der Waals surface area (Å²) in [6.45, 7) is 0. The molecule has 0 aromatic rings. The minimum atomic E-state index is -1.14. The second-order valence-electron chi connectivity index (χ2n) is 5.40. The number of carboxylic acids is 1. The van der Waals surface area contributed by atoms with Gasteiger partial charge in [0.25, 0.3) is 0 Å². The van der Waals surface area contributed by atoms with Crippen LogP contribution >= 0.6 is 0 Å². The molecule has 5 N–H and O–H groups in total. The first-order valence-corrected chi connectivity index (χ1v) is 6.85. The van der Waals surface area contributed by atoms with E-state index in [1.807, 2.05) is 0 Å². The number of rotatable bonds is 7. The van der Waals surface area contributed by atoms with Crippen LogP contribution in [0.4, 0.5) is 0 Å². The Bertz CT molecular complexity index is 259. The predicted molar refractivity (Wildman–Crippen MR) is 75.2 cm³/mol. The topological polar surface area (TPSA) is 104 Å². The minimum absolute atomic E-state index is 0. The van der Waals surface area contributed by atoms with E-state index in [0.717, 1.165) is 6.42 Å². The maximum atomic E-state index is 10.5. The molecule has 0 bridgehead atoms. The van der Waals surface area contributed by atoms with E-state index in [0.29, 0.717) is 12.3 Å². The fourth-order valence-corrected chi connectivity index (χ4v) is 2.59. The van der Waals surface area contributed by atoms with Crippen LogP contribution in [-0.4, -0.2) is 69.1 Å². The van der Waals surface area contributed by atoms with E-state index >= 15 is 0 Å². The summed E-state index contributed by atoms with van der Waals surface area (Å²) in [7, 11) is 0. The van der Waals surface area contributed by atoms with Crippen LogP contribution in [0.25, 0.3) is 0 Å². The molecule has 1 aliphatic rings. The first-order chi connectivity index (χ1) is 8.50. The van der Waals surface area contributed by atoms with Crippen LogP contribution in [0.2, 0.25) is 0 Å². The summed E-state index contributed by atoms with van der Waals surface area (Å²) >= 11 is 0. The van der Waals surface area contributed by atoms with Gasteiger partial charge in [-0.1, -0.05) is 32.1 Å². The van der Waals surface area contributed by atoms with E-state index in [9.17, 15) is 15.0 Å². The molecule has 0 saturated heterocycles. The summed E-state index contributed by atoms with van der Waals surface area (Å²) in [6.07, 6.45) is 5.65. The fourth-order valence-electron chi connectivity index (χ4n) is 2.59. The van der Waals surface area contributed by atoms with Gasteiger partial charge >= 0.3 is 35.5 Å². The van der Waals surface area contributed by atoms with Crippen LogP contribution in [0.15, 0.2) is 0 Å². The third-order valence-corrected chi connectivity index (χ3v) is 3.85. The van der Waals surface area contributed by atoms with Gasteiger partial charge in [0.15, 0.2) is 0 Å². The number of aliphatic carboxylic acids is 1. The monoisotopic (exact) mass is 283 g/mol. The zero-order valence-electron chi connectivity index (χ0n) is 10.8. The molecule has 1 fully saturated rings. The summed E-state index contributed by atoms with van der Waals surface area (Å²) in [5.74, 6) is -0.498. The van der Waals surface area contributed by atoms with Gasteiger partial charge in [0, 0.05) is 6.42 Å². The van der Waals surface area contributed by atoms with Crippen molar-refractivity contribution in [1.29, 1.82) is 0 Å². The second kappa shape index (κ2) is 10.1. The molecule has 0 aromatic heterocycles. The Morgan fingerprint density at radius 2 is 1.74 bits per heavy atom. The molecule has 6 heteroatoms. The molecule has 108 valence electrons. The first-order valence-electron chi connectivity index (χ1n) is 6.85. The van der Waals surface area contributed by atoms with Gasteiger partial charge in [-0.15, -0.1) is 0 Å². The van der Waals surface area contributed by atoms with Crippen molar-refractivity contribution in [2.75, 3.05) is 0 Å². The number of hydrogen-bond donors (Lipinski definition) is 4. The van der Waals surface area contributed by atoms with E-state index < -0.39 is 24.2 Å². The summed E-state index contributed by atoms with van der Waals surface area (Å²) in [6, 6.07) is -1.11. The third kappa shape index (κ3) is 7.63. The van der Waals surface area contributed by atoms with Crippen LogP contribution in [0.3, 0.4) is 0 Å². The Kier molecular flexibility index (Phi) is 10.3. The number of hydrogen-bond acceptors (Lipinski definition) is 4. The molecule has 3 atom stereocenters. The molecule has 1 aliphatic carbocycles. The average Bonchev–Trinajstić information content (AvgIpc) is 2.36. The summed E-state index contributed by atoms with van der Waals surface area (Å²) in [5, 5.41) is 28.1. The number of carbonyl (C=O) groups is 1. The molecule has 0 radical (unpaired) electrons. The zero-order valence-corrected chi connectivity index (χ0v) is 10.8. The van der Waals surface area contributed by atoms with Crippen molar-refractivity contribution in [1.82, 2.24) is 0 Å². The normalized spacial score (nSPS) is 21.2. The number of carboxylic acid groups (broad SMARTS) is 1. The van der Waals surface area contributed by atoms with Crippen molar-refractivity contribution < 1.29 is 20.1 Å². The Morgan fingerprint density at radius 1 is 1.16 bits per heavy atom. The SMILES string of the molecule is NC(CC(O)C(O)CCC1CCCCC1)C(=O)O.[NaH]. The number of aliphatic hydroxyl groups excluding tert-OH is 2. The van der Waals surface area contributed by atoms with Gasteiger partial charge in [-0.3, -0.25) is 4.79 Å². The fraction of sp³-hybridized carbons (Fsp3) is 0.923.